The van der Waals surface area contributed by atoms with E-state index in [0.717, 1.165) is 16.3 Å². The highest BCUT2D eigenvalue weighted by Gasteiger charge is 2.24. The van der Waals surface area contributed by atoms with E-state index in [4.69, 9.17) is 4.74 Å². The average molecular weight is 370 g/mol. The molecule has 25 heavy (non-hydrogen) atoms. The van der Waals surface area contributed by atoms with Crippen LogP contribution in [-0.2, 0) is 24.3 Å². The predicted octanol–water partition coefficient (Wildman–Crippen LogP) is 1.46. The summed E-state index contributed by atoms with van der Waals surface area (Å²) < 4.78 is 30.5. The van der Waals surface area contributed by atoms with Crippen LogP contribution < -0.4 is 5.32 Å². The first kappa shape index (κ1) is 21.1. The molecule has 0 spiro atoms. The van der Waals surface area contributed by atoms with Gasteiger partial charge in [-0.3, -0.25) is 9.59 Å². The van der Waals surface area contributed by atoms with Crippen LogP contribution >= 0.6 is 0 Å². The number of aryl methyl sites for hydroxylation is 1. The molecule has 0 heterocycles. The van der Waals surface area contributed by atoms with Gasteiger partial charge in [0.25, 0.3) is 5.91 Å². The summed E-state index contributed by atoms with van der Waals surface area (Å²) in [6.07, 6.45) is 0.726. The summed E-state index contributed by atoms with van der Waals surface area (Å²) in [7, 11) is -2.50. The lowest BCUT2D eigenvalue weighted by molar-refractivity contribution is -0.149. The Labute approximate surface area is 149 Å². The molecule has 1 aromatic carbocycles. The van der Waals surface area contributed by atoms with E-state index in [1.54, 1.807) is 12.1 Å². The van der Waals surface area contributed by atoms with Crippen molar-refractivity contribution in [2.24, 2.45) is 0 Å². The molecule has 7 nitrogen and oxygen atoms in total. The predicted molar refractivity (Wildman–Crippen MR) is 94.5 cm³/mol. The first-order valence-corrected chi connectivity index (χ1v) is 9.41. The van der Waals surface area contributed by atoms with Gasteiger partial charge in [-0.15, -0.1) is 0 Å². The van der Waals surface area contributed by atoms with Crippen LogP contribution in [0.3, 0.4) is 0 Å². The number of benzene rings is 1. The van der Waals surface area contributed by atoms with Crippen molar-refractivity contribution in [3.8, 4) is 0 Å². The van der Waals surface area contributed by atoms with Gasteiger partial charge in [-0.1, -0.05) is 24.6 Å². The van der Waals surface area contributed by atoms with Gasteiger partial charge < -0.3 is 10.1 Å². The van der Waals surface area contributed by atoms with Crippen LogP contribution in [0.2, 0.25) is 0 Å². The van der Waals surface area contributed by atoms with Crippen LogP contribution in [0.25, 0.3) is 0 Å². The molecule has 0 aliphatic rings. The van der Waals surface area contributed by atoms with Crippen molar-refractivity contribution in [3.63, 3.8) is 0 Å². The zero-order valence-corrected chi connectivity index (χ0v) is 16.1. The molecular formula is C17H26N2O5S. The molecule has 8 heteroatoms. The van der Waals surface area contributed by atoms with Crippen LogP contribution in [0.4, 0.5) is 0 Å². The molecule has 140 valence electrons. The molecule has 0 atom stereocenters. The standard InChI is InChI=1S/C17H26N2O5S/c1-6-17(3,4)18-15(20)12-24-16(21)11-19(5)25(22,23)14-9-7-13(2)8-10-14/h7-10H,6,11-12H2,1-5H3,(H,18,20). The molecule has 1 amide bonds. The van der Waals surface area contributed by atoms with E-state index in [1.165, 1.54) is 19.2 Å². The summed E-state index contributed by atoms with van der Waals surface area (Å²) in [5, 5.41) is 2.73. The van der Waals surface area contributed by atoms with Gasteiger partial charge in [-0.25, -0.2) is 8.42 Å². The number of amides is 1. The number of esters is 1. The highest BCUT2D eigenvalue weighted by Crippen LogP contribution is 2.14. The Hall–Kier alpha value is -1.93. The molecule has 1 aromatic rings. The minimum atomic E-state index is -3.79. The minimum absolute atomic E-state index is 0.0934. The van der Waals surface area contributed by atoms with E-state index in [9.17, 15) is 18.0 Å². The van der Waals surface area contributed by atoms with Crippen molar-refractivity contribution in [1.82, 2.24) is 9.62 Å². The van der Waals surface area contributed by atoms with Gasteiger partial charge in [-0.05, 0) is 39.3 Å². The van der Waals surface area contributed by atoms with Gasteiger partial charge in [0.05, 0.1) is 4.90 Å². The quantitative estimate of drug-likeness (QED) is 0.700. The molecule has 0 aliphatic carbocycles. The summed E-state index contributed by atoms with van der Waals surface area (Å²) in [4.78, 5) is 23.6. The third-order valence-electron chi connectivity index (χ3n) is 3.81. The topological polar surface area (TPSA) is 92.8 Å². The van der Waals surface area contributed by atoms with E-state index in [0.29, 0.717) is 0 Å². The normalized spacial score (nSPS) is 12.1. The minimum Gasteiger partial charge on any atom is -0.455 e. The second-order valence-electron chi connectivity index (χ2n) is 6.52. The number of hydrogen-bond donors (Lipinski definition) is 1. The first-order valence-electron chi connectivity index (χ1n) is 7.97. The van der Waals surface area contributed by atoms with Crippen LogP contribution in [0.15, 0.2) is 29.2 Å². The lowest BCUT2D eigenvalue weighted by Gasteiger charge is -2.24. The number of hydrogen-bond acceptors (Lipinski definition) is 5. The van der Waals surface area contributed by atoms with Gasteiger partial charge in [0.2, 0.25) is 10.0 Å². The lowest BCUT2D eigenvalue weighted by Crippen LogP contribution is -2.45. The number of ether oxygens (including phenoxy) is 1. The van der Waals surface area contributed by atoms with Crippen LogP contribution in [-0.4, -0.2) is 50.3 Å². The van der Waals surface area contributed by atoms with Gasteiger partial charge in [0.1, 0.15) is 6.54 Å². The second-order valence-corrected chi connectivity index (χ2v) is 8.57. The third-order valence-corrected chi connectivity index (χ3v) is 5.62. The molecule has 1 N–H and O–H groups in total. The number of sulfonamides is 1. The number of nitrogens with one attached hydrogen (secondary N) is 1. The van der Waals surface area contributed by atoms with E-state index >= 15 is 0 Å². The molecule has 0 aliphatic heterocycles. The van der Waals surface area contributed by atoms with Crippen LogP contribution in [0.1, 0.15) is 32.8 Å². The van der Waals surface area contributed by atoms with Crippen molar-refractivity contribution in [1.29, 1.82) is 0 Å². The Morgan fingerprint density at radius 1 is 1.20 bits per heavy atom. The van der Waals surface area contributed by atoms with E-state index < -0.39 is 40.6 Å². The number of likely N-dealkylation sites (N-methyl/N-ethyl adjacent to an activating group) is 1. The fourth-order valence-corrected chi connectivity index (χ4v) is 2.97. The number of carbonyl (C=O) groups excluding carboxylic acids is 2. The van der Waals surface area contributed by atoms with E-state index in [2.05, 4.69) is 5.32 Å². The maximum Gasteiger partial charge on any atom is 0.321 e. The molecule has 1 rings (SSSR count). The Balaban J connectivity index is 2.59. The summed E-state index contributed by atoms with van der Waals surface area (Å²) in [5.74, 6) is -1.22. The Kier molecular flexibility index (Phi) is 7.13. The Bertz CT molecular complexity index is 711. The number of nitrogens with zero attached hydrogens (tertiary/aromatic N) is 1. The highest BCUT2D eigenvalue weighted by molar-refractivity contribution is 7.89. The zero-order chi connectivity index (χ0) is 19.3. The average Bonchev–Trinajstić information content (AvgIpc) is 2.53. The maximum absolute atomic E-state index is 12.4. The van der Waals surface area contributed by atoms with Gasteiger partial charge in [0, 0.05) is 12.6 Å². The lowest BCUT2D eigenvalue weighted by atomic mass is 10.0. The van der Waals surface area contributed by atoms with Gasteiger partial charge >= 0.3 is 5.97 Å². The second kappa shape index (κ2) is 8.44. The third kappa shape index (κ3) is 6.47. The summed E-state index contributed by atoms with van der Waals surface area (Å²) in [6.45, 7) is 6.57. The van der Waals surface area contributed by atoms with Crippen LogP contribution in [0, 0.1) is 6.92 Å². The molecule has 0 bridgehead atoms. The number of carbonyl (C=O) groups is 2. The van der Waals surface area contributed by atoms with Gasteiger partial charge in [-0.2, -0.15) is 4.31 Å². The fraction of sp³-hybridized carbons (Fsp3) is 0.529. The molecule has 0 radical (unpaired) electrons. The highest BCUT2D eigenvalue weighted by atomic mass is 32.2. The molecule has 0 saturated carbocycles. The van der Waals surface area contributed by atoms with Crippen molar-refractivity contribution < 1.29 is 22.7 Å². The monoisotopic (exact) mass is 370 g/mol. The van der Waals surface area contributed by atoms with Crippen LogP contribution in [0.5, 0.6) is 0 Å². The smallest absolute Gasteiger partial charge is 0.321 e. The Morgan fingerprint density at radius 3 is 2.28 bits per heavy atom. The van der Waals surface area contributed by atoms with Crippen molar-refractivity contribution >= 4 is 21.9 Å². The largest absolute Gasteiger partial charge is 0.455 e. The molecule has 0 fully saturated rings. The molecule has 0 saturated heterocycles. The zero-order valence-electron chi connectivity index (χ0n) is 15.3. The first-order chi connectivity index (χ1) is 11.5. The summed E-state index contributed by atoms with van der Waals surface area (Å²) in [5.41, 5.74) is 0.539. The van der Waals surface area contributed by atoms with E-state index in [1.807, 2.05) is 27.7 Å². The van der Waals surface area contributed by atoms with Gasteiger partial charge in [0.15, 0.2) is 6.61 Å². The molecule has 0 aromatic heterocycles. The van der Waals surface area contributed by atoms with Crippen molar-refractivity contribution in [2.75, 3.05) is 20.2 Å². The molecule has 0 unspecified atom stereocenters. The Morgan fingerprint density at radius 2 is 1.76 bits per heavy atom. The van der Waals surface area contributed by atoms with Crippen molar-refractivity contribution in [2.45, 2.75) is 44.6 Å². The molecular weight excluding hydrogens is 344 g/mol. The van der Waals surface area contributed by atoms with Crippen molar-refractivity contribution in [3.05, 3.63) is 29.8 Å². The summed E-state index contributed by atoms with van der Waals surface area (Å²) >= 11 is 0. The van der Waals surface area contributed by atoms with E-state index in [-0.39, 0.29) is 4.90 Å². The number of rotatable bonds is 8. The fourth-order valence-electron chi connectivity index (χ4n) is 1.85. The summed E-state index contributed by atoms with van der Waals surface area (Å²) in [6, 6.07) is 6.32. The SMILES string of the molecule is CCC(C)(C)NC(=O)COC(=O)CN(C)S(=O)(=O)c1ccc(C)cc1. The maximum atomic E-state index is 12.4.